The van der Waals surface area contributed by atoms with Crippen LogP contribution in [0.4, 0.5) is 0 Å². The zero-order chi connectivity index (χ0) is 12.1. The van der Waals surface area contributed by atoms with Crippen LogP contribution in [0.3, 0.4) is 0 Å². The summed E-state index contributed by atoms with van der Waals surface area (Å²) in [5.74, 6) is -0.981. The van der Waals surface area contributed by atoms with Crippen LogP contribution in [0.15, 0.2) is 30.3 Å². The van der Waals surface area contributed by atoms with Crippen molar-refractivity contribution in [2.24, 2.45) is 0 Å². The summed E-state index contributed by atoms with van der Waals surface area (Å²) in [5.41, 5.74) is 0.692. The molecule has 0 saturated carbocycles. The molecule has 17 heavy (non-hydrogen) atoms. The Hall–Kier alpha value is -1.02. The average Bonchev–Trinajstić information content (AvgIpc) is 2.79. The van der Waals surface area contributed by atoms with Crippen LogP contribution in [0, 0.1) is 0 Å². The summed E-state index contributed by atoms with van der Waals surface area (Å²) in [4.78, 5) is 13.8. The molecule has 2 rings (SSSR count). The fourth-order valence-corrected chi connectivity index (χ4v) is 1.41. The van der Waals surface area contributed by atoms with Gasteiger partial charge in [0.05, 0.1) is 0 Å². The topological polar surface area (TPSA) is 66.4 Å². The first-order valence-electron chi connectivity index (χ1n) is 5.15. The van der Waals surface area contributed by atoms with Crippen LogP contribution in [0.5, 0.6) is 0 Å². The van der Waals surface area contributed by atoms with Gasteiger partial charge in [0.1, 0.15) is 6.61 Å². The second kappa shape index (κ2) is 5.54. The molecule has 1 aliphatic heterocycles. The molecule has 1 aromatic rings. The molecule has 1 aromatic carbocycles. The van der Waals surface area contributed by atoms with E-state index in [1.807, 2.05) is 18.2 Å². The predicted molar refractivity (Wildman–Crippen MR) is 55.4 cm³/mol. The summed E-state index contributed by atoms with van der Waals surface area (Å²) in [6.07, 6.45) is -0.888. The van der Waals surface area contributed by atoms with Gasteiger partial charge in [0.15, 0.2) is 6.79 Å². The smallest absolute Gasteiger partial charge is 0.224 e. The third-order valence-corrected chi connectivity index (χ3v) is 2.31. The fraction of sp³-hybridized carbons (Fsp3) is 0.455. The van der Waals surface area contributed by atoms with Crippen molar-refractivity contribution in [2.75, 3.05) is 13.4 Å². The molecule has 6 heteroatoms. The molecule has 2 unspecified atom stereocenters. The lowest BCUT2D eigenvalue weighted by Crippen LogP contribution is -2.32. The van der Waals surface area contributed by atoms with E-state index in [0.29, 0.717) is 5.56 Å². The van der Waals surface area contributed by atoms with Crippen molar-refractivity contribution in [3.05, 3.63) is 35.9 Å². The normalized spacial score (nSPS) is 26.0. The predicted octanol–water partition coefficient (Wildman–Crippen LogP) is 1.84. The molecular weight excluding hydrogens is 228 g/mol. The van der Waals surface area contributed by atoms with Gasteiger partial charge in [-0.1, -0.05) is 30.3 Å². The molecule has 0 aliphatic carbocycles. The van der Waals surface area contributed by atoms with Crippen molar-refractivity contribution in [3.63, 3.8) is 0 Å². The van der Waals surface area contributed by atoms with Gasteiger partial charge in [0, 0.05) is 5.56 Å². The van der Waals surface area contributed by atoms with Crippen LogP contribution in [-0.4, -0.2) is 24.4 Å². The minimum Gasteiger partial charge on any atom is -0.340 e. The Morgan fingerprint density at radius 3 is 2.76 bits per heavy atom. The summed E-state index contributed by atoms with van der Waals surface area (Å²) in [5, 5.41) is 8.80. The molecule has 0 bridgehead atoms. The zero-order valence-electron chi connectivity index (χ0n) is 9.37. The van der Waals surface area contributed by atoms with Gasteiger partial charge in [-0.3, -0.25) is 0 Å². The monoisotopic (exact) mass is 242 g/mol. The lowest BCUT2D eigenvalue weighted by Gasteiger charge is -2.22. The van der Waals surface area contributed by atoms with Crippen LogP contribution in [0.1, 0.15) is 18.8 Å². The summed E-state index contributed by atoms with van der Waals surface area (Å²) in [7, 11) is 0. The number of ether oxygens (including phenoxy) is 2. The lowest BCUT2D eigenvalue weighted by molar-refractivity contribution is -0.378. The highest BCUT2D eigenvalue weighted by atomic mass is 17.3. The van der Waals surface area contributed by atoms with Gasteiger partial charge in [-0.15, -0.1) is 0 Å². The van der Waals surface area contributed by atoms with Crippen molar-refractivity contribution >= 4 is 0 Å². The Balaban J connectivity index is 1.92. The molecule has 1 fully saturated rings. The number of benzene rings is 1. The molecule has 94 valence electrons. The molecule has 1 heterocycles. The average molecular weight is 242 g/mol. The van der Waals surface area contributed by atoms with Gasteiger partial charge in [-0.25, -0.2) is 15.0 Å². The zero-order valence-corrected chi connectivity index (χ0v) is 9.37. The van der Waals surface area contributed by atoms with Crippen molar-refractivity contribution in [1.29, 1.82) is 0 Å². The Labute approximate surface area is 98.5 Å². The highest BCUT2D eigenvalue weighted by molar-refractivity contribution is 5.15. The minimum absolute atomic E-state index is 0.0514. The molecule has 0 radical (unpaired) electrons. The van der Waals surface area contributed by atoms with E-state index in [2.05, 4.69) is 9.78 Å². The molecule has 0 spiro atoms. The number of hydrogen-bond donors (Lipinski definition) is 1. The summed E-state index contributed by atoms with van der Waals surface area (Å²) in [6, 6.07) is 9.04. The maximum atomic E-state index is 8.80. The maximum absolute atomic E-state index is 8.80. The van der Waals surface area contributed by atoms with Gasteiger partial charge in [0.2, 0.25) is 12.1 Å². The Morgan fingerprint density at radius 1 is 1.41 bits per heavy atom. The van der Waals surface area contributed by atoms with Gasteiger partial charge < -0.3 is 9.47 Å². The van der Waals surface area contributed by atoms with Crippen molar-refractivity contribution in [3.8, 4) is 0 Å². The van der Waals surface area contributed by atoms with E-state index in [1.54, 1.807) is 19.1 Å². The summed E-state index contributed by atoms with van der Waals surface area (Å²) < 4.78 is 10.5. The number of hydrogen-bond acceptors (Lipinski definition) is 6. The van der Waals surface area contributed by atoms with Crippen molar-refractivity contribution in [2.45, 2.75) is 19.0 Å². The molecule has 1 N–H and O–H groups in total. The van der Waals surface area contributed by atoms with Crippen LogP contribution in [0.2, 0.25) is 0 Å². The van der Waals surface area contributed by atoms with Gasteiger partial charge >= 0.3 is 0 Å². The van der Waals surface area contributed by atoms with E-state index >= 15 is 0 Å². The molecule has 6 nitrogen and oxygen atoms in total. The van der Waals surface area contributed by atoms with Crippen LogP contribution >= 0.6 is 0 Å². The maximum Gasteiger partial charge on any atom is 0.224 e. The standard InChI is InChI=1S/C11H14O6/c1-11(14-8-15-17-11)7-13-10(16-12)9-5-3-2-4-6-9/h2-6,10,12H,7-8H2,1H3. The van der Waals surface area contributed by atoms with E-state index in [0.717, 1.165) is 0 Å². The molecule has 1 saturated heterocycles. The Kier molecular flexibility index (Phi) is 4.06. The van der Waals surface area contributed by atoms with E-state index in [1.165, 1.54) is 0 Å². The Bertz CT molecular complexity index is 335. The third-order valence-electron chi connectivity index (χ3n) is 2.31. The largest absolute Gasteiger partial charge is 0.340 e. The molecule has 0 aromatic heterocycles. The first-order valence-corrected chi connectivity index (χ1v) is 5.15. The van der Waals surface area contributed by atoms with E-state index in [4.69, 9.17) is 19.6 Å². The van der Waals surface area contributed by atoms with Crippen LogP contribution in [0.25, 0.3) is 0 Å². The SMILES string of the molecule is CC1(COC(OO)c2ccccc2)OCOO1. The lowest BCUT2D eigenvalue weighted by atomic mass is 10.2. The highest BCUT2D eigenvalue weighted by Crippen LogP contribution is 2.24. The minimum atomic E-state index is -0.981. The summed E-state index contributed by atoms with van der Waals surface area (Å²) in [6.45, 7) is 1.78. The van der Waals surface area contributed by atoms with Crippen LogP contribution < -0.4 is 0 Å². The second-order valence-electron chi connectivity index (χ2n) is 3.76. The van der Waals surface area contributed by atoms with Crippen LogP contribution in [-0.2, 0) is 24.1 Å². The van der Waals surface area contributed by atoms with Gasteiger partial charge in [-0.05, 0) is 6.92 Å². The molecular formula is C11H14O6. The number of rotatable bonds is 5. The van der Waals surface area contributed by atoms with Gasteiger partial charge in [-0.2, -0.15) is 4.89 Å². The van der Waals surface area contributed by atoms with Crippen molar-refractivity contribution in [1.82, 2.24) is 0 Å². The van der Waals surface area contributed by atoms with E-state index < -0.39 is 12.1 Å². The van der Waals surface area contributed by atoms with Crippen molar-refractivity contribution < 1.29 is 29.4 Å². The first kappa shape index (κ1) is 12.4. The fourth-order valence-electron chi connectivity index (χ4n) is 1.41. The molecule has 1 aliphatic rings. The quantitative estimate of drug-likeness (QED) is 0.483. The van der Waals surface area contributed by atoms with Gasteiger partial charge in [0.25, 0.3) is 0 Å². The van der Waals surface area contributed by atoms with E-state index in [-0.39, 0.29) is 13.4 Å². The second-order valence-corrected chi connectivity index (χ2v) is 3.76. The highest BCUT2D eigenvalue weighted by Gasteiger charge is 2.35. The first-order chi connectivity index (χ1) is 8.23. The Morgan fingerprint density at radius 2 is 2.18 bits per heavy atom. The summed E-state index contributed by atoms with van der Waals surface area (Å²) >= 11 is 0. The third kappa shape index (κ3) is 3.22. The molecule has 0 amide bonds. The molecule has 2 atom stereocenters. The van der Waals surface area contributed by atoms with E-state index in [9.17, 15) is 0 Å².